The minimum atomic E-state index is -0.840. The zero-order valence-corrected chi connectivity index (χ0v) is 14.5. The number of aryl methyl sites for hydroxylation is 1. The Morgan fingerprint density at radius 1 is 1.36 bits per heavy atom. The van der Waals surface area contributed by atoms with Crippen LogP contribution < -0.4 is 5.32 Å². The van der Waals surface area contributed by atoms with Crippen LogP contribution in [0.4, 0.5) is 0 Å². The number of amides is 1. The number of hydrogen-bond donors (Lipinski definition) is 2. The fraction of sp³-hybridized carbons (Fsp3) is 0.421. The third-order valence-corrected chi connectivity index (χ3v) is 5.12. The second kappa shape index (κ2) is 6.70. The van der Waals surface area contributed by atoms with Gasteiger partial charge in [0.05, 0.1) is 17.1 Å². The van der Waals surface area contributed by atoms with E-state index >= 15 is 0 Å². The number of carboxylic acid groups (broad SMARTS) is 1. The molecule has 2 unspecified atom stereocenters. The molecule has 0 bridgehead atoms. The lowest BCUT2D eigenvalue weighted by molar-refractivity contribution is -0.145. The molecule has 6 nitrogen and oxygen atoms in total. The van der Waals surface area contributed by atoms with Gasteiger partial charge >= 0.3 is 5.97 Å². The lowest BCUT2D eigenvalue weighted by Gasteiger charge is -2.39. The molecule has 1 amide bonds. The molecule has 132 valence electrons. The number of hydrogen-bond acceptors (Lipinski definition) is 3. The van der Waals surface area contributed by atoms with Crippen molar-refractivity contribution in [1.29, 1.82) is 0 Å². The van der Waals surface area contributed by atoms with Crippen molar-refractivity contribution < 1.29 is 14.7 Å². The van der Waals surface area contributed by atoms with E-state index in [0.717, 1.165) is 24.1 Å². The third kappa shape index (κ3) is 3.43. The number of carbonyl (C=O) groups is 2. The molecule has 1 aliphatic carbocycles. The van der Waals surface area contributed by atoms with Crippen LogP contribution in [0.2, 0.25) is 0 Å². The normalized spacial score (nSPS) is 23.2. The second-order valence-corrected chi connectivity index (χ2v) is 6.96. The Kier molecular flexibility index (Phi) is 4.61. The van der Waals surface area contributed by atoms with Crippen LogP contribution >= 0.6 is 0 Å². The predicted octanol–water partition coefficient (Wildman–Crippen LogP) is 2.94. The maximum atomic E-state index is 12.7. The van der Waals surface area contributed by atoms with Crippen LogP contribution in [0.5, 0.6) is 0 Å². The van der Waals surface area contributed by atoms with Crippen molar-refractivity contribution in [3.05, 3.63) is 47.8 Å². The first-order valence-corrected chi connectivity index (χ1v) is 8.57. The Hall–Kier alpha value is -2.63. The van der Waals surface area contributed by atoms with Crippen molar-refractivity contribution in [3.63, 3.8) is 0 Å². The number of nitrogens with zero attached hydrogens (tertiary/aromatic N) is 2. The van der Waals surface area contributed by atoms with Crippen molar-refractivity contribution in [2.24, 2.45) is 5.92 Å². The highest BCUT2D eigenvalue weighted by atomic mass is 16.4. The van der Waals surface area contributed by atoms with E-state index < -0.39 is 17.4 Å². The van der Waals surface area contributed by atoms with Crippen molar-refractivity contribution in [2.45, 2.75) is 45.1 Å². The quantitative estimate of drug-likeness (QED) is 0.895. The first-order chi connectivity index (χ1) is 11.9. The highest BCUT2D eigenvalue weighted by Crippen LogP contribution is 2.34. The van der Waals surface area contributed by atoms with E-state index in [1.54, 1.807) is 16.9 Å². The molecular formula is C19H23N3O3. The molecular weight excluding hydrogens is 318 g/mol. The fourth-order valence-corrected chi connectivity index (χ4v) is 3.68. The summed E-state index contributed by atoms with van der Waals surface area (Å²) < 4.78 is 1.75. The maximum Gasteiger partial charge on any atom is 0.308 e. The summed E-state index contributed by atoms with van der Waals surface area (Å²) in [5, 5.41) is 16.7. The minimum absolute atomic E-state index is 0.231. The molecule has 1 aliphatic rings. The summed E-state index contributed by atoms with van der Waals surface area (Å²) in [6, 6.07) is 7.26. The fourth-order valence-electron chi connectivity index (χ4n) is 3.68. The summed E-state index contributed by atoms with van der Waals surface area (Å²) in [6.45, 7) is 3.77. The van der Waals surface area contributed by atoms with Crippen LogP contribution in [0.1, 0.15) is 48.5 Å². The highest BCUT2D eigenvalue weighted by molar-refractivity contribution is 5.95. The van der Waals surface area contributed by atoms with E-state index in [1.807, 2.05) is 38.2 Å². The molecule has 1 fully saturated rings. The van der Waals surface area contributed by atoms with Gasteiger partial charge in [-0.25, -0.2) is 4.68 Å². The molecule has 0 radical (unpaired) electrons. The van der Waals surface area contributed by atoms with E-state index in [1.165, 1.54) is 0 Å². The molecule has 2 atom stereocenters. The van der Waals surface area contributed by atoms with E-state index in [9.17, 15) is 14.7 Å². The monoisotopic (exact) mass is 341 g/mol. The lowest BCUT2D eigenvalue weighted by atomic mass is 9.73. The van der Waals surface area contributed by atoms with E-state index in [2.05, 4.69) is 10.4 Å². The van der Waals surface area contributed by atoms with Gasteiger partial charge in [0.25, 0.3) is 5.91 Å². The molecule has 2 N–H and O–H groups in total. The summed E-state index contributed by atoms with van der Waals surface area (Å²) in [6.07, 6.45) is 6.65. The molecule has 1 aromatic carbocycles. The standard InChI is InChI=1S/C19H23N3O3/c1-13-12-14(7-8-16(13)22-11-5-10-20-22)17(23)21-19(2)9-4-3-6-15(19)18(24)25/h5,7-8,10-12,15H,3-4,6,9H2,1-2H3,(H,21,23)(H,24,25). The van der Waals surface area contributed by atoms with Gasteiger partial charge in [-0.1, -0.05) is 12.8 Å². The van der Waals surface area contributed by atoms with Crippen LogP contribution in [0.3, 0.4) is 0 Å². The van der Waals surface area contributed by atoms with Crippen molar-refractivity contribution in [3.8, 4) is 5.69 Å². The van der Waals surface area contributed by atoms with Gasteiger partial charge in [0.2, 0.25) is 0 Å². The summed E-state index contributed by atoms with van der Waals surface area (Å²) in [4.78, 5) is 24.3. The molecule has 0 spiro atoms. The molecule has 3 rings (SSSR count). The summed E-state index contributed by atoms with van der Waals surface area (Å²) in [5.41, 5.74) is 1.66. The Balaban J connectivity index is 1.81. The number of aromatic nitrogens is 2. The van der Waals surface area contributed by atoms with Gasteiger partial charge in [-0.05, 0) is 56.5 Å². The molecule has 2 aromatic rings. The Bertz CT molecular complexity index is 785. The minimum Gasteiger partial charge on any atom is -0.481 e. The van der Waals surface area contributed by atoms with Gasteiger partial charge in [0.15, 0.2) is 0 Å². The van der Waals surface area contributed by atoms with Gasteiger partial charge in [-0.15, -0.1) is 0 Å². The smallest absolute Gasteiger partial charge is 0.308 e. The molecule has 0 aliphatic heterocycles. The first kappa shape index (κ1) is 17.2. The SMILES string of the molecule is Cc1cc(C(=O)NC2(C)CCCCC2C(=O)O)ccc1-n1cccn1. The Morgan fingerprint density at radius 3 is 2.80 bits per heavy atom. The molecule has 1 aromatic heterocycles. The zero-order chi connectivity index (χ0) is 18.0. The topological polar surface area (TPSA) is 84.2 Å². The number of carbonyl (C=O) groups excluding carboxylic acids is 1. The van der Waals surface area contributed by atoms with Crippen LogP contribution in [0.15, 0.2) is 36.7 Å². The second-order valence-electron chi connectivity index (χ2n) is 6.96. The summed E-state index contributed by atoms with van der Waals surface area (Å²) in [5.74, 6) is -1.62. The van der Waals surface area contributed by atoms with E-state index in [0.29, 0.717) is 18.4 Å². The number of rotatable bonds is 4. The lowest BCUT2D eigenvalue weighted by Crippen LogP contribution is -2.55. The predicted molar refractivity (Wildman–Crippen MR) is 93.8 cm³/mol. The van der Waals surface area contributed by atoms with Crippen LogP contribution in [0, 0.1) is 12.8 Å². The Morgan fingerprint density at radius 2 is 2.16 bits per heavy atom. The van der Waals surface area contributed by atoms with E-state index in [4.69, 9.17) is 0 Å². The molecule has 0 saturated heterocycles. The van der Waals surface area contributed by atoms with Crippen molar-refractivity contribution >= 4 is 11.9 Å². The van der Waals surface area contributed by atoms with E-state index in [-0.39, 0.29) is 5.91 Å². The average Bonchev–Trinajstić information content (AvgIpc) is 3.08. The van der Waals surface area contributed by atoms with Crippen LogP contribution in [-0.2, 0) is 4.79 Å². The summed E-state index contributed by atoms with van der Waals surface area (Å²) >= 11 is 0. The number of benzene rings is 1. The highest BCUT2D eigenvalue weighted by Gasteiger charge is 2.42. The Labute approximate surface area is 146 Å². The number of aliphatic carboxylic acids is 1. The maximum absolute atomic E-state index is 12.7. The summed E-state index contributed by atoms with van der Waals surface area (Å²) in [7, 11) is 0. The van der Waals surface area contributed by atoms with Gasteiger partial charge in [0, 0.05) is 18.0 Å². The van der Waals surface area contributed by atoms with Gasteiger partial charge < -0.3 is 10.4 Å². The van der Waals surface area contributed by atoms with Gasteiger partial charge in [-0.2, -0.15) is 5.10 Å². The molecule has 25 heavy (non-hydrogen) atoms. The largest absolute Gasteiger partial charge is 0.481 e. The van der Waals surface area contributed by atoms with Crippen molar-refractivity contribution in [2.75, 3.05) is 0 Å². The zero-order valence-electron chi connectivity index (χ0n) is 14.5. The number of carboxylic acids is 1. The number of nitrogens with one attached hydrogen (secondary N) is 1. The van der Waals surface area contributed by atoms with Crippen molar-refractivity contribution in [1.82, 2.24) is 15.1 Å². The van der Waals surface area contributed by atoms with Gasteiger partial charge in [0.1, 0.15) is 0 Å². The molecule has 1 heterocycles. The van der Waals surface area contributed by atoms with Crippen LogP contribution in [0.25, 0.3) is 5.69 Å². The third-order valence-electron chi connectivity index (χ3n) is 5.12. The van der Waals surface area contributed by atoms with Gasteiger partial charge in [-0.3, -0.25) is 9.59 Å². The molecule has 1 saturated carbocycles. The first-order valence-electron chi connectivity index (χ1n) is 8.57. The molecule has 6 heteroatoms. The average molecular weight is 341 g/mol. The van der Waals surface area contributed by atoms with Crippen LogP contribution in [-0.4, -0.2) is 32.3 Å².